The second-order valence-corrected chi connectivity index (χ2v) is 5.02. The Morgan fingerprint density at radius 3 is 2.71 bits per heavy atom. The number of carbonyl (C=O) groups is 1. The van der Waals surface area contributed by atoms with E-state index in [-0.39, 0.29) is 18.6 Å². The Balaban J connectivity index is 1.97. The van der Waals surface area contributed by atoms with Gasteiger partial charge in [-0.15, -0.1) is 0 Å². The summed E-state index contributed by atoms with van der Waals surface area (Å²) in [4.78, 5) is 14.1. The number of hydrogen-bond acceptors (Lipinski definition) is 4. The summed E-state index contributed by atoms with van der Waals surface area (Å²) >= 11 is 0. The number of amides is 1. The van der Waals surface area contributed by atoms with E-state index in [0.717, 1.165) is 26.3 Å². The highest BCUT2D eigenvalue weighted by Crippen LogP contribution is 2.20. The number of rotatable bonds is 7. The molecule has 0 spiro atoms. The van der Waals surface area contributed by atoms with Crippen LogP contribution in [0.2, 0.25) is 0 Å². The van der Waals surface area contributed by atoms with Crippen molar-refractivity contribution in [3.8, 4) is 0 Å². The van der Waals surface area contributed by atoms with Crippen molar-refractivity contribution in [3.63, 3.8) is 0 Å². The van der Waals surface area contributed by atoms with Crippen molar-refractivity contribution in [2.75, 3.05) is 46.1 Å². The number of carbonyl (C=O) groups excluding carboxylic acids is 1. The average Bonchev–Trinajstić information content (AvgIpc) is 2.55. The Labute approximate surface area is 126 Å². The van der Waals surface area contributed by atoms with Gasteiger partial charge >= 0.3 is 0 Å². The molecule has 1 aliphatic heterocycles. The van der Waals surface area contributed by atoms with Gasteiger partial charge in [0.15, 0.2) is 0 Å². The molecule has 1 aromatic carbocycles. The van der Waals surface area contributed by atoms with Gasteiger partial charge in [-0.1, -0.05) is 30.3 Å². The van der Waals surface area contributed by atoms with Crippen LogP contribution in [0.25, 0.3) is 0 Å². The van der Waals surface area contributed by atoms with Crippen molar-refractivity contribution < 1.29 is 14.3 Å². The first-order valence-electron chi connectivity index (χ1n) is 7.52. The first-order valence-corrected chi connectivity index (χ1v) is 7.52. The SMILES string of the molecule is CCOCC(=O)NCC(c1ccccc1)N1CCOCC1. The van der Waals surface area contributed by atoms with Crippen molar-refractivity contribution in [1.29, 1.82) is 0 Å². The molecule has 1 atom stereocenters. The van der Waals surface area contributed by atoms with Gasteiger partial charge in [-0.05, 0) is 12.5 Å². The van der Waals surface area contributed by atoms with Gasteiger partial charge in [0.1, 0.15) is 6.61 Å². The summed E-state index contributed by atoms with van der Waals surface area (Å²) in [6.45, 7) is 6.43. The number of morpholine rings is 1. The Morgan fingerprint density at radius 1 is 1.33 bits per heavy atom. The maximum Gasteiger partial charge on any atom is 0.246 e. The maximum absolute atomic E-state index is 11.7. The van der Waals surface area contributed by atoms with Crippen LogP contribution in [0.3, 0.4) is 0 Å². The molecule has 0 aromatic heterocycles. The summed E-state index contributed by atoms with van der Waals surface area (Å²) in [5, 5.41) is 2.97. The van der Waals surface area contributed by atoms with Gasteiger partial charge in [-0.3, -0.25) is 9.69 Å². The molecule has 116 valence electrons. The van der Waals surface area contributed by atoms with Gasteiger partial charge in [0.2, 0.25) is 5.91 Å². The fourth-order valence-corrected chi connectivity index (χ4v) is 2.48. The van der Waals surface area contributed by atoms with E-state index >= 15 is 0 Å². The quantitative estimate of drug-likeness (QED) is 0.821. The van der Waals surface area contributed by atoms with Crippen LogP contribution in [-0.2, 0) is 14.3 Å². The second kappa shape index (κ2) is 8.77. The topological polar surface area (TPSA) is 50.8 Å². The summed E-state index contributed by atoms with van der Waals surface area (Å²) < 4.78 is 10.5. The third kappa shape index (κ3) is 5.12. The predicted octanol–water partition coefficient (Wildman–Crippen LogP) is 1.21. The zero-order chi connectivity index (χ0) is 14.9. The lowest BCUT2D eigenvalue weighted by atomic mass is 10.0. The third-order valence-electron chi connectivity index (χ3n) is 3.60. The zero-order valence-electron chi connectivity index (χ0n) is 12.6. The fraction of sp³-hybridized carbons (Fsp3) is 0.562. The molecule has 1 aliphatic rings. The molecule has 0 saturated carbocycles. The van der Waals surface area contributed by atoms with Crippen LogP contribution in [0.1, 0.15) is 18.5 Å². The normalized spacial score (nSPS) is 17.4. The number of benzene rings is 1. The molecule has 0 radical (unpaired) electrons. The third-order valence-corrected chi connectivity index (χ3v) is 3.60. The molecule has 5 heteroatoms. The number of ether oxygens (including phenoxy) is 2. The molecular weight excluding hydrogens is 268 g/mol. The van der Waals surface area contributed by atoms with Gasteiger partial charge in [0.05, 0.1) is 19.3 Å². The minimum absolute atomic E-state index is 0.0639. The molecule has 2 rings (SSSR count). The van der Waals surface area contributed by atoms with Crippen LogP contribution in [0.5, 0.6) is 0 Å². The highest BCUT2D eigenvalue weighted by atomic mass is 16.5. The fourth-order valence-electron chi connectivity index (χ4n) is 2.48. The molecule has 0 bridgehead atoms. The largest absolute Gasteiger partial charge is 0.379 e. The van der Waals surface area contributed by atoms with E-state index < -0.39 is 0 Å². The molecule has 1 heterocycles. The van der Waals surface area contributed by atoms with E-state index in [2.05, 4.69) is 22.3 Å². The minimum atomic E-state index is -0.0639. The predicted molar refractivity (Wildman–Crippen MR) is 81.1 cm³/mol. The first kappa shape index (κ1) is 15.9. The summed E-state index contributed by atoms with van der Waals surface area (Å²) in [7, 11) is 0. The molecule has 1 fully saturated rings. The molecule has 1 aromatic rings. The number of nitrogens with zero attached hydrogens (tertiary/aromatic N) is 1. The Kier molecular flexibility index (Phi) is 6.66. The van der Waals surface area contributed by atoms with Gasteiger partial charge in [0.25, 0.3) is 0 Å². The van der Waals surface area contributed by atoms with E-state index in [1.807, 2.05) is 25.1 Å². The molecule has 0 aliphatic carbocycles. The molecule has 1 amide bonds. The van der Waals surface area contributed by atoms with E-state index in [1.54, 1.807) is 0 Å². The lowest BCUT2D eigenvalue weighted by Crippen LogP contribution is -2.44. The van der Waals surface area contributed by atoms with Crippen molar-refractivity contribution >= 4 is 5.91 Å². The molecule has 21 heavy (non-hydrogen) atoms. The lowest BCUT2D eigenvalue weighted by Gasteiger charge is -2.34. The highest BCUT2D eigenvalue weighted by molar-refractivity contribution is 5.77. The molecule has 1 unspecified atom stereocenters. The molecule has 1 N–H and O–H groups in total. The van der Waals surface area contributed by atoms with Crippen molar-refractivity contribution in [1.82, 2.24) is 10.2 Å². The Hall–Kier alpha value is -1.43. The first-order chi connectivity index (χ1) is 10.3. The van der Waals surface area contributed by atoms with E-state index in [0.29, 0.717) is 13.2 Å². The standard InChI is InChI=1S/C16H24N2O3/c1-2-20-13-16(19)17-12-15(14-6-4-3-5-7-14)18-8-10-21-11-9-18/h3-7,15H,2,8-13H2,1H3,(H,17,19). The average molecular weight is 292 g/mol. The van der Waals surface area contributed by atoms with Gasteiger partial charge < -0.3 is 14.8 Å². The van der Waals surface area contributed by atoms with Gasteiger partial charge in [-0.25, -0.2) is 0 Å². The summed E-state index contributed by atoms with van der Waals surface area (Å²) in [6.07, 6.45) is 0. The maximum atomic E-state index is 11.7. The second-order valence-electron chi connectivity index (χ2n) is 5.02. The van der Waals surface area contributed by atoms with E-state index in [4.69, 9.17) is 9.47 Å². The molecule has 5 nitrogen and oxygen atoms in total. The van der Waals surface area contributed by atoms with Crippen LogP contribution in [0.4, 0.5) is 0 Å². The summed E-state index contributed by atoms with van der Waals surface area (Å²) in [6, 6.07) is 10.5. The smallest absolute Gasteiger partial charge is 0.246 e. The Bertz CT molecular complexity index is 419. The zero-order valence-corrected chi connectivity index (χ0v) is 12.6. The highest BCUT2D eigenvalue weighted by Gasteiger charge is 2.22. The lowest BCUT2D eigenvalue weighted by molar-refractivity contribution is -0.125. The van der Waals surface area contributed by atoms with Crippen molar-refractivity contribution in [2.45, 2.75) is 13.0 Å². The van der Waals surface area contributed by atoms with Crippen molar-refractivity contribution in [3.05, 3.63) is 35.9 Å². The van der Waals surface area contributed by atoms with Crippen LogP contribution in [0.15, 0.2) is 30.3 Å². The number of hydrogen-bond donors (Lipinski definition) is 1. The van der Waals surface area contributed by atoms with Crippen LogP contribution < -0.4 is 5.32 Å². The molecular formula is C16H24N2O3. The Morgan fingerprint density at radius 2 is 2.05 bits per heavy atom. The van der Waals surface area contributed by atoms with Crippen LogP contribution >= 0.6 is 0 Å². The summed E-state index contributed by atoms with van der Waals surface area (Å²) in [5.74, 6) is -0.0639. The van der Waals surface area contributed by atoms with E-state index in [1.165, 1.54) is 5.56 Å². The van der Waals surface area contributed by atoms with E-state index in [9.17, 15) is 4.79 Å². The number of nitrogens with one attached hydrogen (secondary N) is 1. The summed E-state index contributed by atoms with van der Waals surface area (Å²) in [5.41, 5.74) is 1.22. The van der Waals surface area contributed by atoms with Crippen molar-refractivity contribution in [2.24, 2.45) is 0 Å². The minimum Gasteiger partial charge on any atom is -0.379 e. The van der Waals surface area contributed by atoms with Crippen LogP contribution in [0, 0.1) is 0 Å². The van der Waals surface area contributed by atoms with Crippen LogP contribution in [-0.4, -0.2) is 56.9 Å². The molecule has 1 saturated heterocycles. The monoisotopic (exact) mass is 292 g/mol. The van der Waals surface area contributed by atoms with Gasteiger partial charge in [0, 0.05) is 26.2 Å². The van der Waals surface area contributed by atoms with Gasteiger partial charge in [-0.2, -0.15) is 0 Å².